The van der Waals surface area contributed by atoms with Gasteiger partial charge in [-0.15, -0.1) is 0 Å². The molecule has 0 atom stereocenters. The van der Waals surface area contributed by atoms with Crippen LogP contribution in [0.2, 0.25) is 0 Å². The highest BCUT2D eigenvalue weighted by Gasteiger charge is 1.97. The number of nitrogens with two attached hydrogens (primary N) is 1. The van der Waals surface area contributed by atoms with Crippen LogP contribution < -0.4 is 5.73 Å². The van der Waals surface area contributed by atoms with Crippen LogP contribution in [0, 0.1) is 6.07 Å². The summed E-state index contributed by atoms with van der Waals surface area (Å²) in [6, 6.07) is 19.7. The SMILES string of the molecule is Nc1ccc2cc3ccccc3[c]c2c1. The molecule has 1 radical (unpaired) electrons. The maximum Gasteiger partial charge on any atom is 0.0320 e. The van der Waals surface area contributed by atoms with E-state index in [2.05, 4.69) is 24.3 Å². The molecule has 3 aromatic rings. The topological polar surface area (TPSA) is 26.0 Å². The molecule has 0 bridgehead atoms. The molecule has 3 aromatic carbocycles. The highest BCUT2D eigenvalue weighted by atomic mass is 14.5. The average Bonchev–Trinajstić information content (AvgIpc) is 2.26. The molecule has 0 amide bonds. The lowest BCUT2D eigenvalue weighted by Crippen LogP contribution is -1.84. The van der Waals surface area contributed by atoms with E-state index in [0.717, 1.165) is 16.5 Å². The predicted molar refractivity (Wildman–Crippen MR) is 64.7 cm³/mol. The molecule has 71 valence electrons. The highest BCUT2D eigenvalue weighted by Crippen LogP contribution is 2.23. The summed E-state index contributed by atoms with van der Waals surface area (Å²) in [7, 11) is 0. The number of anilines is 1. The van der Waals surface area contributed by atoms with Crippen LogP contribution in [0.3, 0.4) is 0 Å². The molecule has 2 N–H and O–H groups in total. The fourth-order valence-electron chi connectivity index (χ4n) is 1.86. The van der Waals surface area contributed by atoms with Crippen molar-refractivity contribution in [2.24, 2.45) is 0 Å². The largest absolute Gasteiger partial charge is 0.399 e. The Labute approximate surface area is 88.1 Å². The number of nitrogen functional groups attached to an aromatic ring is 1. The minimum atomic E-state index is 0.786. The zero-order valence-electron chi connectivity index (χ0n) is 8.20. The second kappa shape index (κ2) is 2.99. The van der Waals surface area contributed by atoms with Crippen molar-refractivity contribution in [1.29, 1.82) is 0 Å². The van der Waals surface area contributed by atoms with E-state index >= 15 is 0 Å². The van der Waals surface area contributed by atoms with E-state index in [1.54, 1.807) is 0 Å². The lowest BCUT2D eigenvalue weighted by Gasteiger charge is -2.02. The van der Waals surface area contributed by atoms with Crippen LogP contribution in [0.5, 0.6) is 0 Å². The summed E-state index contributed by atoms with van der Waals surface area (Å²) in [6.45, 7) is 0. The molecule has 3 rings (SSSR count). The van der Waals surface area contributed by atoms with Gasteiger partial charge in [0.05, 0.1) is 0 Å². The molecule has 0 aliphatic heterocycles. The molecule has 0 saturated carbocycles. The maximum absolute atomic E-state index is 5.75. The van der Waals surface area contributed by atoms with Gasteiger partial charge in [0.2, 0.25) is 0 Å². The van der Waals surface area contributed by atoms with E-state index in [0.29, 0.717) is 0 Å². The van der Waals surface area contributed by atoms with Gasteiger partial charge in [0.15, 0.2) is 0 Å². The summed E-state index contributed by atoms with van der Waals surface area (Å²) >= 11 is 0. The molecule has 0 aliphatic carbocycles. The quantitative estimate of drug-likeness (QED) is 0.429. The number of hydrogen-bond acceptors (Lipinski definition) is 1. The third kappa shape index (κ3) is 1.33. The molecule has 0 spiro atoms. The summed E-state index contributed by atoms with van der Waals surface area (Å²) in [5, 5.41) is 4.61. The van der Waals surface area contributed by atoms with Crippen molar-refractivity contribution in [3.63, 3.8) is 0 Å². The Bertz CT molecular complexity index is 641. The first-order valence-electron chi connectivity index (χ1n) is 4.93. The molecule has 0 unspecified atom stereocenters. The van der Waals surface area contributed by atoms with Crippen LogP contribution >= 0.6 is 0 Å². The first-order valence-corrected chi connectivity index (χ1v) is 4.93. The minimum Gasteiger partial charge on any atom is -0.399 e. The van der Waals surface area contributed by atoms with E-state index in [1.807, 2.05) is 30.3 Å². The summed E-state index contributed by atoms with van der Waals surface area (Å²) in [6.07, 6.45) is 0. The highest BCUT2D eigenvalue weighted by molar-refractivity contribution is 5.98. The van der Waals surface area contributed by atoms with Gasteiger partial charge in [-0.1, -0.05) is 30.3 Å². The Morgan fingerprint density at radius 3 is 2.53 bits per heavy atom. The van der Waals surface area contributed by atoms with Crippen LogP contribution in [0.4, 0.5) is 5.69 Å². The Hall–Kier alpha value is -2.02. The summed E-state index contributed by atoms with van der Waals surface area (Å²) < 4.78 is 0. The first-order chi connectivity index (χ1) is 7.33. The van der Waals surface area contributed by atoms with Gasteiger partial charge >= 0.3 is 0 Å². The standard InChI is InChI=1S/C14H10N/c15-14-6-5-12-7-10-3-1-2-4-11(10)8-13(12)9-14/h1-7,9H,15H2. The number of benzene rings is 3. The molecule has 0 aliphatic rings. The van der Waals surface area contributed by atoms with Crippen LogP contribution in [-0.2, 0) is 0 Å². The third-order valence-electron chi connectivity index (χ3n) is 2.62. The molecule has 0 saturated heterocycles. The minimum absolute atomic E-state index is 0.786. The molecule has 0 fully saturated rings. The van der Waals surface area contributed by atoms with Crippen LogP contribution in [0.1, 0.15) is 0 Å². The number of rotatable bonds is 0. The van der Waals surface area contributed by atoms with Crippen molar-refractivity contribution in [1.82, 2.24) is 0 Å². The lowest BCUT2D eigenvalue weighted by atomic mass is 10.0. The lowest BCUT2D eigenvalue weighted by molar-refractivity contribution is 1.74. The Morgan fingerprint density at radius 2 is 1.60 bits per heavy atom. The monoisotopic (exact) mass is 192 g/mol. The average molecular weight is 192 g/mol. The summed E-state index contributed by atoms with van der Waals surface area (Å²) in [5.74, 6) is 0. The van der Waals surface area contributed by atoms with Gasteiger partial charge < -0.3 is 5.73 Å². The number of fused-ring (bicyclic) bond motifs is 2. The second-order valence-corrected chi connectivity index (χ2v) is 3.70. The van der Waals surface area contributed by atoms with Gasteiger partial charge in [-0.3, -0.25) is 0 Å². The molecule has 1 nitrogen and oxygen atoms in total. The van der Waals surface area contributed by atoms with Crippen molar-refractivity contribution >= 4 is 27.2 Å². The van der Waals surface area contributed by atoms with E-state index in [9.17, 15) is 0 Å². The fraction of sp³-hybridized carbons (Fsp3) is 0. The zero-order chi connectivity index (χ0) is 10.3. The van der Waals surface area contributed by atoms with Gasteiger partial charge in [-0.2, -0.15) is 0 Å². The van der Waals surface area contributed by atoms with Gasteiger partial charge in [0, 0.05) is 5.69 Å². The van der Waals surface area contributed by atoms with Crippen molar-refractivity contribution in [3.05, 3.63) is 54.6 Å². The smallest absolute Gasteiger partial charge is 0.0320 e. The second-order valence-electron chi connectivity index (χ2n) is 3.70. The zero-order valence-corrected chi connectivity index (χ0v) is 8.20. The van der Waals surface area contributed by atoms with E-state index in [4.69, 9.17) is 5.73 Å². The molecular formula is C14H10N. The number of hydrogen-bond donors (Lipinski definition) is 1. The maximum atomic E-state index is 5.75. The first kappa shape index (κ1) is 8.30. The summed E-state index contributed by atoms with van der Waals surface area (Å²) in [5.41, 5.74) is 6.53. The van der Waals surface area contributed by atoms with Crippen molar-refractivity contribution < 1.29 is 0 Å². The van der Waals surface area contributed by atoms with Crippen LogP contribution in [0.15, 0.2) is 48.5 Å². The Balaban J connectivity index is 2.47. The Morgan fingerprint density at radius 1 is 0.800 bits per heavy atom. The fourth-order valence-corrected chi connectivity index (χ4v) is 1.86. The molecule has 15 heavy (non-hydrogen) atoms. The van der Waals surface area contributed by atoms with Gasteiger partial charge in [-0.05, 0) is 45.8 Å². The van der Waals surface area contributed by atoms with Gasteiger partial charge in [0.1, 0.15) is 0 Å². The Kier molecular flexibility index (Phi) is 1.65. The molecule has 0 aromatic heterocycles. The molecule has 1 heteroatoms. The van der Waals surface area contributed by atoms with Crippen molar-refractivity contribution in [3.8, 4) is 0 Å². The van der Waals surface area contributed by atoms with E-state index < -0.39 is 0 Å². The van der Waals surface area contributed by atoms with Crippen LogP contribution in [0.25, 0.3) is 21.5 Å². The van der Waals surface area contributed by atoms with E-state index in [-0.39, 0.29) is 0 Å². The molecule has 0 heterocycles. The predicted octanol–water partition coefficient (Wildman–Crippen LogP) is 3.38. The van der Waals surface area contributed by atoms with E-state index in [1.165, 1.54) is 10.8 Å². The van der Waals surface area contributed by atoms with Gasteiger partial charge in [0.25, 0.3) is 0 Å². The molecular weight excluding hydrogens is 182 g/mol. The van der Waals surface area contributed by atoms with Gasteiger partial charge in [-0.25, -0.2) is 0 Å². The van der Waals surface area contributed by atoms with Crippen molar-refractivity contribution in [2.75, 3.05) is 5.73 Å². The third-order valence-corrected chi connectivity index (χ3v) is 2.62. The van der Waals surface area contributed by atoms with Crippen LogP contribution in [-0.4, -0.2) is 0 Å². The normalized spacial score (nSPS) is 10.9. The summed E-state index contributed by atoms with van der Waals surface area (Å²) in [4.78, 5) is 0. The van der Waals surface area contributed by atoms with Crippen molar-refractivity contribution in [2.45, 2.75) is 0 Å².